The summed E-state index contributed by atoms with van der Waals surface area (Å²) in [6.45, 7) is 2.61. The number of aromatic nitrogens is 1. The molecule has 0 N–H and O–H groups in total. The predicted octanol–water partition coefficient (Wildman–Crippen LogP) is 1.95. The van der Waals surface area contributed by atoms with Crippen LogP contribution in [0.4, 0.5) is 11.5 Å². The molecule has 0 atom stereocenters. The minimum absolute atomic E-state index is 0.0348. The number of anilines is 1. The SMILES string of the molecule is CCCN(CC(=O)N(C)C)c1cc([N+](=O)[O-])cc(Cl)n1. The largest absolute Gasteiger partial charge is 0.347 e. The van der Waals surface area contributed by atoms with Crippen LogP contribution in [0, 0.1) is 10.1 Å². The number of hydrogen-bond acceptors (Lipinski definition) is 5. The van der Waals surface area contributed by atoms with E-state index in [0.717, 1.165) is 6.42 Å². The summed E-state index contributed by atoms with van der Waals surface area (Å²) >= 11 is 5.80. The van der Waals surface area contributed by atoms with Crippen molar-refractivity contribution in [1.29, 1.82) is 0 Å². The van der Waals surface area contributed by atoms with Crippen LogP contribution in [0.3, 0.4) is 0 Å². The maximum atomic E-state index is 11.8. The zero-order chi connectivity index (χ0) is 15.3. The second kappa shape index (κ2) is 7.04. The third-order valence-corrected chi connectivity index (χ3v) is 2.81. The molecule has 110 valence electrons. The first-order valence-electron chi connectivity index (χ1n) is 6.12. The summed E-state index contributed by atoms with van der Waals surface area (Å²) in [4.78, 5) is 29.3. The number of rotatable bonds is 6. The van der Waals surface area contributed by atoms with Crippen molar-refractivity contribution in [2.45, 2.75) is 13.3 Å². The summed E-state index contributed by atoms with van der Waals surface area (Å²) in [5.74, 6) is 0.226. The Bertz CT molecular complexity index is 507. The van der Waals surface area contributed by atoms with Gasteiger partial charge in [0.2, 0.25) is 5.91 Å². The second-order valence-electron chi connectivity index (χ2n) is 4.47. The molecule has 0 aromatic carbocycles. The maximum absolute atomic E-state index is 11.8. The van der Waals surface area contributed by atoms with E-state index in [0.29, 0.717) is 12.4 Å². The van der Waals surface area contributed by atoms with Crippen LogP contribution < -0.4 is 4.90 Å². The third kappa shape index (κ3) is 4.34. The predicted molar refractivity (Wildman–Crippen MR) is 77.1 cm³/mol. The van der Waals surface area contributed by atoms with E-state index in [9.17, 15) is 14.9 Å². The Balaban J connectivity index is 3.07. The highest BCUT2D eigenvalue weighted by molar-refractivity contribution is 6.29. The van der Waals surface area contributed by atoms with E-state index in [-0.39, 0.29) is 23.3 Å². The van der Waals surface area contributed by atoms with Crippen molar-refractivity contribution in [3.05, 3.63) is 27.4 Å². The van der Waals surface area contributed by atoms with Crippen LogP contribution in [0.25, 0.3) is 0 Å². The Labute approximate surface area is 122 Å². The Morgan fingerprint density at radius 2 is 2.10 bits per heavy atom. The molecule has 0 bridgehead atoms. The number of hydrogen-bond donors (Lipinski definition) is 0. The van der Waals surface area contributed by atoms with Crippen LogP contribution in [-0.4, -0.2) is 47.9 Å². The van der Waals surface area contributed by atoms with Gasteiger partial charge in [-0.1, -0.05) is 18.5 Å². The Morgan fingerprint density at radius 3 is 2.60 bits per heavy atom. The van der Waals surface area contributed by atoms with Crippen molar-refractivity contribution in [2.24, 2.45) is 0 Å². The summed E-state index contributed by atoms with van der Waals surface area (Å²) in [5.41, 5.74) is -0.140. The van der Waals surface area contributed by atoms with Gasteiger partial charge in [0.05, 0.1) is 23.6 Å². The van der Waals surface area contributed by atoms with E-state index < -0.39 is 4.92 Å². The number of carbonyl (C=O) groups is 1. The highest BCUT2D eigenvalue weighted by Gasteiger charge is 2.18. The Kier molecular flexibility index (Phi) is 5.69. The molecule has 0 saturated heterocycles. The number of nitro groups is 1. The van der Waals surface area contributed by atoms with Gasteiger partial charge in [-0.15, -0.1) is 0 Å². The lowest BCUT2D eigenvalue weighted by Gasteiger charge is -2.24. The molecule has 20 heavy (non-hydrogen) atoms. The zero-order valence-electron chi connectivity index (χ0n) is 11.7. The molecule has 0 saturated carbocycles. The molecule has 0 aliphatic rings. The number of pyridine rings is 1. The average molecular weight is 301 g/mol. The van der Waals surface area contributed by atoms with Gasteiger partial charge >= 0.3 is 0 Å². The topological polar surface area (TPSA) is 79.6 Å². The molecule has 1 aromatic rings. The standard InChI is InChI=1S/C12H17ClN4O3/c1-4-5-16(8-12(18)15(2)3)11-7-9(17(19)20)6-10(13)14-11/h6-7H,4-5,8H2,1-3H3. The van der Waals surface area contributed by atoms with Crippen LogP contribution in [0.2, 0.25) is 5.15 Å². The first-order chi connectivity index (χ1) is 9.35. The van der Waals surface area contributed by atoms with Gasteiger partial charge < -0.3 is 9.80 Å². The molecule has 0 fully saturated rings. The summed E-state index contributed by atoms with van der Waals surface area (Å²) in [5, 5.41) is 10.9. The zero-order valence-corrected chi connectivity index (χ0v) is 12.4. The molecule has 0 aliphatic carbocycles. The average Bonchev–Trinajstić information content (AvgIpc) is 2.37. The maximum Gasteiger partial charge on any atom is 0.276 e. The number of amides is 1. The lowest BCUT2D eigenvalue weighted by atomic mass is 10.3. The van der Waals surface area contributed by atoms with Crippen LogP contribution in [0.1, 0.15) is 13.3 Å². The fraction of sp³-hybridized carbons (Fsp3) is 0.500. The van der Waals surface area contributed by atoms with Gasteiger partial charge in [-0.3, -0.25) is 14.9 Å². The van der Waals surface area contributed by atoms with Crippen LogP contribution >= 0.6 is 11.6 Å². The van der Waals surface area contributed by atoms with Crippen molar-refractivity contribution in [3.8, 4) is 0 Å². The van der Waals surface area contributed by atoms with Gasteiger partial charge in [-0.2, -0.15) is 0 Å². The van der Waals surface area contributed by atoms with Gasteiger partial charge in [-0.25, -0.2) is 4.98 Å². The monoisotopic (exact) mass is 300 g/mol. The van der Waals surface area contributed by atoms with Gasteiger partial charge in [-0.05, 0) is 6.42 Å². The Hall–Kier alpha value is -1.89. The van der Waals surface area contributed by atoms with Crippen LogP contribution in [-0.2, 0) is 4.79 Å². The number of carbonyl (C=O) groups excluding carboxylic acids is 1. The molecule has 0 unspecified atom stereocenters. The van der Waals surface area contributed by atoms with Gasteiger partial charge in [0.15, 0.2) is 0 Å². The molecule has 0 aliphatic heterocycles. The number of likely N-dealkylation sites (N-methyl/N-ethyl adjacent to an activating group) is 1. The molecule has 1 amide bonds. The molecule has 0 spiro atoms. The molecule has 1 rings (SSSR count). The summed E-state index contributed by atoms with van der Waals surface area (Å²) < 4.78 is 0. The van der Waals surface area contributed by atoms with Crippen LogP contribution in [0.15, 0.2) is 12.1 Å². The number of nitrogens with zero attached hydrogens (tertiary/aromatic N) is 4. The fourth-order valence-electron chi connectivity index (χ4n) is 1.59. The normalized spacial score (nSPS) is 10.2. The Morgan fingerprint density at radius 1 is 1.45 bits per heavy atom. The molecule has 1 aromatic heterocycles. The summed E-state index contributed by atoms with van der Waals surface area (Å²) in [7, 11) is 3.31. The molecular formula is C12H17ClN4O3. The first-order valence-corrected chi connectivity index (χ1v) is 6.50. The minimum atomic E-state index is -0.533. The third-order valence-electron chi connectivity index (χ3n) is 2.62. The van der Waals surface area contributed by atoms with Crippen molar-refractivity contribution < 1.29 is 9.72 Å². The van der Waals surface area contributed by atoms with E-state index in [4.69, 9.17) is 11.6 Å². The second-order valence-corrected chi connectivity index (χ2v) is 4.86. The fourth-order valence-corrected chi connectivity index (χ4v) is 1.78. The molecule has 8 heteroatoms. The van der Waals surface area contributed by atoms with Crippen molar-refractivity contribution in [1.82, 2.24) is 9.88 Å². The smallest absolute Gasteiger partial charge is 0.276 e. The van der Waals surface area contributed by atoms with Gasteiger partial charge in [0.25, 0.3) is 5.69 Å². The van der Waals surface area contributed by atoms with Crippen molar-refractivity contribution >= 4 is 29.0 Å². The van der Waals surface area contributed by atoms with E-state index >= 15 is 0 Å². The van der Waals surface area contributed by atoms with Crippen molar-refractivity contribution in [2.75, 3.05) is 32.1 Å². The van der Waals surface area contributed by atoms with E-state index in [2.05, 4.69) is 4.98 Å². The molecule has 1 heterocycles. The van der Waals surface area contributed by atoms with Crippen molar-refractivity contribution in [3.63, 3.8) is 0 Å². The first kappa shape index (κ1) is 16.2. The lowest BCUT2D eigenvalue weighted by molar-refractivity contribution is -0.384. The number of halogens is 1. The van der Waals surface area contributed by atoms with E-state index in [1.165, 1.54) is 17.0 Å². The lowest BCUT2D eigenvalue weighted by Crippen LogP contribution is -2.37. The van der Waals surface area contributed by atoms with Crippen LogP contribution in [0.5, 0.6) is 0 Å². The molecule has 0 radical (unpaired) electrons. The summed E-state index contributed by atoms with van der Waals surface area (Å²) in [6, 6.07) is 2.51. The minimum Gasteiger partial charge on any atom is -0.347 e. The van der Waals surface area contributed by atoms with E-state index in [1.54, 1.807) is 19.0 Å². The summed E-state index contributed by atoms with van der Waals surface area (Å²) in [6.07, 6.45) is 0.780. The van der Waals surface area contributed by atoms with Gasteiger partial charge in [0.1, 0.15) is 11.0 Å². The van der Waals surface area contributed by atoms with Gasteiger partial charge in [0, 0.05) is 20.6 Å². The highest BCUT2D eigenvalue weighted by Crippen LogP contribution is 2.23. The highest BCUT2D eigenvalue weighted by atomic mass is 35.5. The van der Waals surface area contributed by atoms with E-state index in [1.807, 2.05) is 6.92 Å². The molecular weight excluding hydrogens is 284 g/mol. The molecule has 7 nitrogen and oxygen atoms in total. The quantitative estimate of drug-likeness (QED) is 0.456.